The molecule has 1 aromatic carbocycles. The third-order valence-electron chi connectivity index (χ3n) is 4.77. The van der Waals surface area contributed by atoms with Crippen molar-refractivity contribution in [3.05, 3.63) is 61.8 Å². The second-order valence-corrected chi connectivity index (χ2v) is 10.9. The molecule has 0 bridgehead atoms. The van der Waals surface area contributed by atoms with Crippen molar-refractivity contribution in [3.8, 4) is 0 Å². The van der Waals surface area contributed by atoms with Gasteiger partial charge in [-0.2, -0.15) is 0 Å². The lowest BCUT2D eigenvalue weighted by atomic mass is 10.1. The van der Waals surface area contributed by atoms with Crippen molar-refractivity contribution in [2.75, 3.05) is 17.8 Å². The van der Waals surface area contributed by atoms with Gasteiger partial charge in [0.05, 0.1) is 29.1 Å². The number of hydrogen-bond donors (Lipinski definition) is 2. The number of benzene rings is 1. The number of amides is 1. The molecule has 2 N–H and O–H groups in total. The van der Waals surface area contributed by atoms with Crippen LogP contribution in [0.25, 0.3) is 0 Å². The fourth-order valence-corrected chi connectivity index (χ4v) is 6.00. The highest BCUT2D eigenvalue weighted by Crippen LogP contribution is 2.36. The van der Waals surface area contributed by atoms with Gasteiger partial charge in [0, 0.05) is 34.4 Å². The average Bonchev–Trinajstić information content (AvgIpc) is 3.19. The van der Waals surface area contributed by atoms with Gasteiger partial charge in [0.1, 0.15) is 4.91 Å². The number of nitrogens with zero attached hydrogens (tertiary/aromatic N) is 2. The van der Waals surface area contributed by atoms with Gasteiger partial charge < -0.3 is 9.62 Å². The van der Waals surface area contributed by atoms with Crippen LogP contribution in [0.3, 0.4) is 0 Å². The molecule has 0 saturated carbocycles. The molecule has 3 aliphatic heterocycles. The first-order chi connectivity index (χ1) is 13.9. The molecular weight excluding hydrogens is 544 g/mol. The monoisotopic (exact) mass is 560 g/mol. The molecule has 0 aromatic heterocycles. The summed E-state index contributed by atoms with van der Waals surface area (Å²) in [4.78, 5) is 15.0. The highest BCUT2D eigenvalue weighted by atomic mass is 79.9. The molecule has 4 rings (SSSR count). The van der Waals surface area contributed by atoms with Gasteiger partial charge in [0.2, 0.25) is 0 Å². The Kier molecular flexibility index (Phi) is 6.01. The van der Waals surface area contributed by atoms with Crippen LogP contribution in [0.1, 0.15) is 29.6 Å². The van der Waals surface area contributed by atoms with Crippen molar-refractivity contribution in [2.24, 2.45) is 0 Å². The molecule has 1 amide bonds. The van der Waals surface area contributed by atoms with E-state index in [0.29, 0.717) is 33.3 Å². The van der Waals surface area contributed by atoms with E-state index in [-0.39, 0.29) is 16.5 Å². The summed E-state index contributed by atoms with van der Waals surface area (Å²) in [5.74, 6) is -0.174. The molecule has 7 nitrogen and oxygen atoms in total. The van der Waals surface area contributed by atoms with Gasteiger partial charge in [0.25, 0.3) is 15.9 Å². The first-order valence-corrected chi connectivity index (χ1v) is 12.8. The van der Waals surface area contributed by atoms with Crippen molar-refractivity contribution >= 4 is 65.6 Å². The molecule has 1 aromatic rings. The van der Waals surface area contributed by atoms with E-state index >= 15 is 0 Å². The maximum Gasteiger partial charge on any atom is 0.264 e. The summed E-state index contributed by atoms with van der Waals surface area (Å²) in [6.45, 7) is 1.36. The summed E-state index contributed by atoms with van der Waals surface area (Å²) in [7, 11) is -3.92. The van der Waals surface area contributed by atoms with E-state index < -0.39 is 10.0 Å². The highest BCUT2D eigenvalue weighted by molar-refractivity contribution is 9.13. The molecule has 0 radical (unpaired) electrons. The Morgan fingerprint density at radius 2 is 1.86 bits per heavy atom. The summed E-state index contributed by atoms with van der Waals surface area (Å²) in [5, 5.41) is 0. The third kappa shape index (κ3) is 4.23. The number of likely N-dealkylation sites (tertiary alicyclic amines) is 1. The van der Waals surface area contributed by atoms with E-state index in [1.165, 1.54) is 18.2 Å². The Bertz CT molecular complexity index is 1050. The van der Waals surface area contributed by atoms with Crippen molar-refractivity contribution in [2.45, 2.75) is 19.3 Å². The Balaban J connectivity index is 1.69. The number of sulfonamides is 1. The number of hydrogen-bond acceptors (Lipinski definition) is 6. The number of fused-ring (bicyclic) bond motifs is 1. The second-order valence-electron chi connectivity index (χ2n) is 6.71. The highest BCUT2D eigenvalue weighted by Gasteiger charge is 2.31. The van der Waals surface area contributed by atoms with E-state index in [1.54, 1.807) is 39.8 Å². The number of carbonyl (C=O) groups is 1. The zero-order valence-corrected chi connectivity index (χ0v) is 20.0. The van der Waals surface area contributed by atoms with Crippen molar-refractivity contribution in [3.63, 3.8) is 0 Å². The standard InChI is InChI=1S/C18H18Br2N4O3S2/c19-13-9-12(18(25)23-6-2-1-3-7-23)15(10-14(13)20)22-29(26,27)17-5-4-8-24-16(17)11-21-28-24/h4-5,8-11,21-22H,1-3,6-7H2. The smallest absolute Gasteiger partial charge is 0.264 e. The van der Waals surface area contributed by atoms with E-state index in [1.807, 2.05) is 0 Å². The predicted octanol–water partition coefficient (Wildman–Crippen LogP) is 4.30. The lowest BCUT2D eigenvalue weighted by Gasteiger charge is -2.28. The minimum atomic E-state index is -3.92. The molecule has 0 atom stereocenters. The molecule has 0 unspecified atom stereocenters. The first-order valence-electron chi connectivity index (χ1n) is 8.99. The second kappa shape index (κ2) is 8.37. The van der Waals surface area contributed by atoms with Gasteiger partial charge in [-0.1, -0.05) is 0 Å². The Morgan fingerprint density at radius 3 is 2.62 bits per heavy atom. The topological polar surface area (TPSA) is 81.8 Å². The van der Waals surface area contributed by atoms with E-state index in [4.69, 9.17) is 0 Å². The Morgan fingerprint density at radius 1 is 1.14 bits per heavy atom. The first kappa shape index (κ1) is 20.8. The molecular formula is C18H18Br2N4O3S2. The Hall–Kier alpha value is -1.43. The van der Waals surface area contributed by atoms with Gasteiger partial charge in [-0.15, -0.1) is 0 Å². The third-order valence-corrected chi connectivity index (χ3v) is 8.77. The number of halogens is 2. The van der Waals surface area contributed by atoms with Crippen LogP contribution in [0.15, 0.2) is 56.2 Å². The van der Waals surface area contributed by atoms with Crippen molar-refractivity contribution < 1.29 is 13.2 Å². The number of anilines is 1. The molecule has 154 valence electrons. The molecule has 0 spiro atoms. The predicted molar refractivity (Wildman–Crippen MR) is 122 cm³/mol. The van der Waals surface area contributed by atoms with E-state index in [0.717, 1.165) is 19.3 Å². The summed E-state index contributed by atoms with van der Waals surface area (Å²) < 4.78 is 35.0. The van der Waals surface area contributed by atoms with Gasteiger partial charge in [-0.25, -0.2) is 8.42 Å². The molecule has 3 aliphatic rings. The molecule has 1 saturated heterocycles. The molecule has 11 heteroatoms. The van der Waals surface area contributed by atoms with Gasteiger partial charge in [-0.05, 0) is 75.4 Å². The zero-order chi connectivity index (χ0) is 20.6. The summed E-state index contributed by atoms with van der Waals surface area (Å²) in [6, 6.07) is 3.28. The lowest BCUT2D eigenvalue weighted by Crippen LogP contribution is -2.36. The minimum absolute atomic E-state index is 0.132. The largest absolute Gasteiger partial charge is 0.339 e. The van der Waals surface area contributed by atoms with E-state index in [9.17, 15) is 13.2 Å². The van der Waals surface area contributed by atoms with Crippen LogP contribution in [0.2, 0.25) is 0 Å². The minimum Gasteiger partial charge on any atom is -0.339 e. The van der Waals surface area contributed by atoms with Gasteiger partial charge in [-0.3, -0.25) is 13.8 Å². The fourth-order valence-electron chi connectivity index (χ4n) is 3.34. The normalized spacial score (nSPS) is 18.7. The lowest BCUT2D eigenvalue weighted by molar-refractivity contribution is 0.0725. The maximum atomic E-state index is 13.2. The zero-order valence-electron chi connectivity index (χ0n) is 15.2. The number of nitrogens with one attached hydrogen (secondary N) is 2. The van der Waals surface area contributed by atoms with Crippen molar-refractivity contribution in [1.82, 2.24) is 13.9 Å². The van der Waals surface area contributed by atoms with Crippen LogP contribution in [-0.2, 0) is 10.0 Å². The van der Waals surface area contributed by atoms with Crippen LogP contribution in [0.4, 0.5) is 5.69 Å². The number of rotatable bonds is 4. The van der Waals surface area contributed by atoms with Crippen LogP contribution in [0, 0.1) is 0 Å². The number of piperidine rings is 1. The van der Waals surface area contributed by atoms with Crippen LogP contribution in [0.5, 0.6) is 0 Å². The van der Waals surface area contributed by atoms with Crippen LogP contribution < -0.4 is 9.44 Å². The Labute approximate surface area is 190 Å². The SMILES string of the molecule is O=C(c1cc(Br)c(Br)cc1NS(=O)(=O)C1=CC=CN2SNC=C12)N1CCCCC1. The number of carbonyl (C=O) groups excluding carboxylic acids is 1. The molecule has 1 fully saturated rings. The fraction of sp³-hybridized carbons (Fsp3) is 0.278. The summed E-state index contributed by atoms with van der Waals surface area (Å²) in [5.41, 5.74) is 1.10. The maximum absolute atomic E-state index is 13.2. The van der Waals surface area contributed by atoms with Crippen LogP contribution >= 0.6 is 44.0 Å². The molecule has 0 aliphatic carbocycles. The molecule has 29 heavy (non-hydrogen) atoms. The number of allylic oxidation sites excluding steroid dienone is 2. The average molecular weight is 562 g/mol. The summed E-state index contributed by atoms with van der Waals surface area (Å²) in [6.07, 6.45) is 9.64. The molecule has 3 heterocycles. The summed E-state index contributed by atoms with van der Waals surface area (Å²) >= 11 is 8.11. The van der Waals surface area contributed by atoms with Gasteiger partial charge >= 0.3 is 0 Å². The van der Waals surface area contributed by atoms with Crippen LogP contribution in [-0.4, -0.2) is 36.6 Å². The van der Waals surface area contributed by atoms with Gasteiger partial charge in [0.15, 0.2) is 0 Å². The van der Waals surface area contributed by atoms with E-state index in [2.05, 4.69) is 41.3 Å². The van der Waals surface area contributed by atoms with Crippen molar-refractivity contribution in [1.29, 1.82) is 0 Å². The quantitative estimate of drug-likeness (QED) is 0.533.